The first kappa shape index (κ1) is 18.6. The summed E-state index contributed by atoms with van der Waals surface area (Å²) in [6.45, 7) is 3.79. The van der Waals surface area contributed by atoms with Crippen molar-refractivity contribution in [1.82, 2.24) is 0 Å². The molecule has 0 saturated heterocycles. The topological polar surface area (TPSA) is 43.4 Å². The van der Waals surface area contributed by atoms with E-state index in [1.54, 1.807) is 12.1 Å². The standard InChI is InChI=1S/C19H20ClO3P/c1-12-7-6-10-16(20)18(12)19(22)15(11-17(21)23-24)13(2)14-8-4-3-5-9-14/h3-10,13,15H,11,24H2,1-2H3. The zero-order chi connectivity index (χ0) is 17.7. The molecule has 0 heterocycles. The second kappa shape index (κ2) is 8.41. The van der Waals surface area contributed by atoms with Crippen molar-refractivity contribution in [3.05, 3.63) is 70.2 Å². The van der Waals surface area contributed by atoms with Crippen LogP contribution >= 0.6 is 21.1 Å². The first-order valence-electron chi connectivity index (χ1n) is 7.69. The highest BCUT2D eigenvalue weighted by Gasteiger charge is 2.31. The summed E-state index contributed by atoms with van der Waals surface area (Å²) >= 11 is 6.25. The molecule has 0 amide bonds. The molecule has 0 saturated carbocycles. The second-order valence-electron chi connectivity index (χ2n) is 5.80. The van der Waals surface area contributed by atoms with Crippen molar-refractivity contribution in [3.63, 3.8) is 0 Å². The molecule has 5 heteroatoms. The minimum atomic E-state index is -0.543. The number of ketones is 1. The lowest BCUT2D eigenvalue weighted by atomic mass is 9.79. The molecule has 3 unspecified atom stereocenters. The molecular weight excluding hydrogens is 343 g/mol. The van der Waals surface area contributed by atoms with Crippen LogP contribution in [0.15, 0.2) is 48.5 Å². The largest absolute Gasteiger partial charge is 0.451 e. The first-order valence-corrected chi connectivity index (χ1v) is 8.54. The Morgan fingerprint density at radius 3 is 2.38 bits per heavy atom. The van der Waals surface area contributed by atoms with Crippen LogP contribution < -0.4 is 0 Å². The van der Waals surface area contributed by atoms with E-state index < -0.39 is 11.9 Å². The lowest BCUT2D eigenvalue weighted by molar-refractivity contribution is -0.134. The summed E-state index contributed by atoms with van der Waals surface area (Å²) in [6.07, 6.45) is 0.00303. The lowest BCUT2D eigenvalue weighted by Crippen LogP contribution is -2.25. The Bertz CT molecular complexity index is 710. The molecule has 0 bridgehead atoms. The van der Waals surface area contributed by atoms with E-state index in [2.05, 4.69) is 0 Å². The zero-order valence-corrected chi connectivity index (χ0v) is 15.6. The van der Waals surface area contributed by atoms with Crippen molar-refractivity contribution in [2.24, 2.45) is 5.92 Å². The molecule has 0 aliphatic heterocycles. The summed E-state index contributed by atoms with van der Waals surface area (Å²) in [5.74, 6) is -1.26. The molecule has 0 spiro atoms. The Balaban J connectivity index is 2.42. The molecule has 0 radical (unpaired) electrons. The Hall–Kier alpha value is -1.70. The molecule has 0 aliphatic rings. The molecule has 3 nitrogen and oxygen atoms in total. The van der Waals surface area contributed by atoms with Crippen molar-refractivity contribution in [3.8, 4) is 0 Å². The molecule has 2 aromatic carbocycles. The van der Waals surface area contributed by atoms with Crippen molar-refractivity contribution in [2.45, 2.75) is 26.2 Å². The van der Waals surface area contributed by atoms with Crippen molar-refractivity contribution in [2.75, 3.05) is 0 Å². The molecule has 0 aliphatic carbocycles. The Kier molecular flexibility index (Phi) is 6.53. The summed E-state index contributed by atoms with van der Waals surface area (Å²) in [5.41, 5.74) is 2.28. The Morgan fingerprint density at radius 2 is 1.79 bits per heavy atom. The molecule has 24 heavy (non-hydrogen) atoms. The average Bonchev–Trinajstić information content (AvgIpc) is 2.59. The van der Waals surface area contributed by atoms with Gasteiger partial charge in [-0.05, 0) is 30.0 Å². The summed E-state index contributed by atoms with van der Waals surface area (Å²) in [6, 6.07) is 15.0. The van der Waals surface area contributed by atoms with Gasteiger partial charge in [0.2, 0.25) is 0 Å². The van der Waals surface area contributed by atoms with Crippen LogP contribution in [0.25, 0.3) is 0 Å². The summed E-state index contributed by atoms with van der Waals surface area (Å²) in [7, 11) is 1.94. The Morgan fingerprint density at radius 1 is 1.12 bits per heavy atom. The highest BCUT2D eigenvalue weighted by atomic mass is 35.5. The number of benzene rings is 2. The monoisotopic (exact) mass is 362 g/mol. The maximum Gasteiger partial charge on any atom is 0.308 e. The van der Waals surface area contributed by atoms with Gasteiger partial charge in [-0.25, -0.2) is 0 Å². The number of Topliss-reactive ketones (excluding diaryl/α,β-unsaturated/α-hetero) is 1. The van der Waals surface area contributed by atoms with E-state index in [-0.39, 0.29) is 18.1 Å². The van der Waals surface area contributed by atoms with E-state index in [9.17, 15) is 9.59 Å². The van der Waals surface area contributed by atoms with Crippen molar-refractivity contribution < 1.29 is 14.1 Å². The van der Waals surface area contributed by atoms with E-state index in [0.717, 1.165) is 11.1 Å². The molecule has 2 rings (SSSR count). The van der Waals surface area contributed by atoms with E-state index in [1.165, 1.54) is 0 Å². The van der Waals surface area contributed by atoms with Gasteiger partial charge in [-0.2, -0.15) is 0 Å². The average molecular weight is 363 g/mol. The van der Waals surface area contributed by atoms with Crippen LogP contribution in [0.2, 0.25) is 5.02 Å². The van der Waals surface area contributed by atoms with Crippen molar-refractivity contribution >= 4 is 32.8 Å². The summed E-state index contributed by atoms with van der Waals surface area (Å²) < 4.78 is 4.71. The normalized spacial score (nSPS) is 13.2. The van der Waals surface area contributed by atoms with Crippen LogP contribution in [-0.4, -0.2) is 11.8 Å². The number of hydrogen-bond donors (Lipinski definition) is 0. The zero-order valence-electron chi connectivity index (χ0n) is 13.7. The fourth-order valence-electron chi connectivity index (χ4n) is 2.84. The van der Waals surface area contributed by atoms with Crippen LogP contribution in [0.4, 0.5) is 0 Å². The SMILES string of the molecule is Cc1cccc(Cl)c1C(=O)C(CC(=O)OP)C(C)c1ccccc1. The molecule has 0 N–H and O–H groups in total. The second-order valence-corrected chi connectivity index (χ2v) is 6.44. The minimum Gasteiger partial charge on any atom is -0.451 e. The van der Waals surface area contributed by atoms with Gasteiger partial charge < -0.3 is 4.52 Å². The molecule has 0 aromatic heterocycles. The number of carbonyl (C=O) groups excluding carboxylic acids is 2. The van der Waals surface area contributed by atoms with Gasteiger partial charge in [0.05, 0.1) is 20.9 Å². The van der Waals surface area contributed by atoms with Gasteiger partial charge in [0.25, 0.3) is 0 Å². The highest BCUT2D eigenvalue weighted by molar-refractivity contribution is 7.10. The van der Waals surface area contributed by atoms with E-state index >= 15 is 0 Å². The van der Waals surface area contributed by atoms with Gasteiger partial charge in [-0.1, -0.05) is 61.0 Å². The van der Waals surface area contributed by atoms with Gasteiger partial charge in [-0.3, -0.25) is 9.59 Å². The summed E-state index contributed by atoms with van der Waals surface area (Å²) in [4.78, 5) is 25.0. The number of carbonyl (C=O) groups is 2. The van der Waals surface area contributed by atoms with Gasteiger partial charge in [-0.15, -0.1) is 0 Å². The van der Waals surface area contributed by atoms with Gasteiger partial charge in [0.1, 0.15) is 0 Å². The van der Waals surface area contributed by atoms with E-state index in [0.29, 0.717) is 10.6 Å². The van der Waals surface area contributed by atoms with Crippen LogP contribution in [0.5, 0.6) is 0 Å². The maximum absolute atomic E-state index is 13.2. The third-order valence-electron chi connectivity index (χ3n) is 4.25. The first-order chi connectivity index (χ1) is 11.5. The molecule has 3 atom stereocenters. The van der Waals surface area contributed by atoms with Gasteiger partial charge in [0.15, 0.2) is 5.78 Å². The van der Waals surface area contributed by atoms with Crippen molar-refractivity contribution in [1.29, 1.82) is 0 Å². The maximum atomic E-state index is 13.2. The van der Waals surface area contributed by atoms with Crippen LogP contribution in [0.1, 0.15) is 40.7 Å². The third-order valence-corrected chi connectivity index (χ3v) is 4.83. The van der Waals surface area contributed by atoms with Gasteiger partial charge in [0, 0.05) is 11.5 Å². The molecule has 126 valence electrons. The smallest absolute Gasteiger partial charge is 0.308 e. The lowest BCUT2D eigenvalue weighted by Gasteiger charge is -2.23. The third kappa shape index (κ3) is 4.23. The fraction of sp³-hybridized carbons (Fsp3) is 0.263. The van der Waals surface area contributed by atoms with Crippen LogP contribution in [0, 0.1) is 12.8 Å². The number of rotatable bonds is 6. The van der Waals surface area contributed by atoms with E-state index in [4.69, 9.17) is 16.1 Å². The highest BCUT2D eigenvalue weighted by Crippen LogP contribution is 2.33. The Labute approximate surface area is 149 Å². The number of halogens is 1. The summed E-state index contributed by atoms with van der Waals surface area (Å²) in [5, 5.41) is 0.407. The molecular formula is C19H20ClO3P. The number of hydrogen-bond acceptors (Lipinski definition) is 3. The van der Waals surface area contributed by atoms with E-state index in [1.807, 2.05) is 59.7 Å². The predicted octanol–water partition coefficient (Wildman–Crippen LogP) is 4.97. The predicted molar refractivity (Wildman–Crippen MR) is 99.3 cm³/mol. The van der Waals surface area contributed by atoms with Crippen LogP contribution in [0.3, 0.4) is 0 Å². The quantitative estimate of drug-likeness (QED) is 0.538. The number of aryl methyl sites for hydroxylation is 1. The van der Waals surface area contributed by atoms with Crippen LogP contribution in [-0.2, 0) is 9.32 Å². The minimum absolute atomic E-state index is 0.00303. The fourth-order valence-corrected chi connectivity index (χ4v) is 3.25. The molecule has 0 fully saturated rings. The van der Waals surface area contributed by atoms with Gasteiger partial charge >= 0.3 is 5.97 Å². The molecule has 2 aromatic rings.